The van der Waals surface area contributed by atoms with Crippen LogP contribution in [0.25, 0.3) is 0 Å². The molecule has 1 unspecified atom stereocenters. The van der Waals surface area contributed by atoms with E-state index in [0.29, 0.717) is 6.84 Å². The second-order valence-corrected chi connectivity index (χ2v) is 7.33. The maximum Gasteiger partial charge on any atom is 0.0350 e. The lowest BCUT2D eigenvalue weighted by Gasteiger charge is -2.00. The summed E-state index contributed by atoms with van der Waals surface area (Å²) >= 11 is 5.05. The summed E-state index contributed by atoms with van der Waals surface area (Å²) in [4.78, 5) is 0. The highest BCUT2D eigenvalue weighted by Crippen LogP contribution is 2.60. The zero-order chi connectivity index (χ0) is 5.71. The number of hydrogen-bond acceptors (Lipinski definition) is 0. The van der Waals surface area contributed by atoms with Gasteiger partial charge in [-0.2, -0.15) is 0 Å². The SMILES string of the molecule is CC1(I)C[C@]1(C)I. The lowest BCUT2D eigenvalue weighted by molar-refractivity contribution is 0.993. The van der Waals surface area contributed by atoms with E-state index in [4.69, 9.17) is 0 Å². The smallest absolute Gasteiger partial charge is 0.0350 e. The molecule has 1 aliphatic rings. The summed E-state index contributed by atoms with van der Waals surface area (Å²) in [6.07, 6.45) is 1.38. The van der Waals surface area contributed by atoms with E-state index in [1.165, 1.54) is 6.42 Å². The van der Waals surface area contributed by atoms with Gasteiger partial charge in [-0.25, -0.2) is 0 Å². The standard InChI is InChI=1S/C5H8I2/c1-4(6)3-5(4,2)7/h3H2,1-2H3/t4-,5?/m0/s1. The summed E-state index contributed by atoms with van der Waals surface area (Å²) < 4.78 is 1.20. The fourth-order valence-electron chi connectivity index (χ4n) is 0.579. The first kappa shape index (κ1) is 6.58. The van der Waals surface area contributed by atoms with Crippen LogP contribution in [0.15, 0.2) is 0 Å². The molecule has 1 rings (SSSR count). The molecular weight excluding hydrogens is 314 g/mol. The van der Waals surface area contributed by atoms with E-state index in [0.717, 1.165) is 0 Å². The van der Waals surface area contributed by atoms with Gasteiger partial charge < -0.3 is 0 Å². The average molecular weight is 322 g/mol. The molecule has 0 spiro atoms. The van der Waals surface area contributed by atoms with Gasteiger partial charge in [0.1, 0.15) is 0 Å². The van der Waals surface area contributed by atoms with E-state index >= 15 is 0 Å². The molecule has 0 nitrogen and oxygen atoms in total. The van der Waals surface area contributed by atoms with Crippen molar-refractivity contribution in [3.63, 3.8) is 0 Å². The number of hydrogen-bond donors (Lipinski definition) is 0. The minimum Gasteiger partial charge on any atom is -0.0777 e. The van der Waals surface area contributed by atoms with Gasteiger partial charge in [0.2, 0.25) is 0 Å². The summed E-state index contributed by atoms with van der Waals surface area (Å²) in [5.41, 5.74) is 0. The highest BCUT2D eigenvalue weighted by Gasteiger charge is 2.57. The van der Waals surface area contributed by atoms with Crippen LogP contribution in [0.1, 0.15) is 20.3 Å². The van der Waals surface area contributed by atoms with Gasteiger partial charge in [-0.1, -0.05) is 45.2 Å². The van der Waals surface area contributed by atoms with Crippen LogP contribution >= 0.6 is 45.2 Å². The van der Waals surface area contributed by atoms with Gasteiger partial charge in [0.05, 0.1) is 0 Å². The van der Waals surface area contributed by atoms with Gasteiger partial charge >= 0.3 is 0 Å². The highest BCUT2D eigenvalue weighted by atomic mass is 127. The van der Waals surface area contributed by atoms with Crippen molar-refractivity contribution < 1.29 is 0 Å². The van der Waals surface area contributed by atoms with Crippen molar-refractivity contribution in [3.05, 3.63) is 0 Å². The van der Waals surface area contributed by atoms with Gasteiger partial charge in [0.25, 0.3) is 0 Å². The molecule has 0 amide bonds. The summed E-state index contributed by atoms with van der Waals surface area (Å²) in [6, 6.07) is 0. The van der Waals surface area contributed by atoms with Crippen LogP contribution in [0.3, 0.4) is 0 Å². The predicted molar refractivity (Wildman–Crippen MR) is 49.5 cm³/mol. The van der Waals surface area contributed by atoms with Crippen LogP contribution in [0.4, 0.5) is 0 Å². The topological polar surface area (TPSA) is 0 Å². The van der Waals surface area contributed by atoms with Crippen LogP contribution < -0.4 is 0 Å². The maximum atomic E-state index is 2.52. The fourth-order valence-corrected chi connectivity index (χ4v) is 2.83. The summed E-state index contributed by atoms with van der Waals surface area (Å²) in [6.45, 7) is 4.61. The molecule has 0 bridgehead atoms. The molecule has 0 aliphatic heterocycles. The second-order valence-electron chi connectivity index (χ2n) is 2.57. The van der Waals surface area contributed by atoms with Crippen molar-refractivity contribution in [1.82, 2.24) is 0 Å². The lowest BCUT2D eigenvalue weighted by Crippen LogP contribution is -2.01. The summed E-state index contributed by atoms with van der Waals surface area (Å²) in [5, 5.41) is 0. The van der Waals surface area contributed by atoms with Crippen molar-refractivity contribution >= 4 is 45.2 Å². The van der Waals surface area contributed by atoms with Gasteiger partial charge in [0.15, 0.2) is 0 Å². The Kier molecular flexibility index (Phi) is 1.40. The van der Waals surface area contributed by atoms with Crippen LogP contribution in [-0.4, -0.2) is 6.84 Å². The normalized spacial score (nSPS) is 60.0. The quantitative estimate of drug-likeness (QED) is 0.475. The molecule has 0 saturated heterocycles. The van der Waals surface area contributed by atoms with Crippen molar-refractivity contribution in [3.8, 4) is 0 Å². The third-order valence-electron chi connectivity index (χ3n) is 1.63. The molecule has 0 radical (unpaired) electrons. The molecule has 0 N–H and O–H groups in total. The predicted octanol–water partition coefficient (Wildman–Crippen LogP) is 2.78. The number of halogens is 2. The van der Waals surface area contributed by atoms with Crippen LogP contribution in [-0.2, 0) is 0 Å². The first-order valence-corrected chi connectivity index (χ1v) is 4.49. The van der Waals surface area contributed by atoms with E-state index < -0.39 is 0 Å². The summed E-state index contributed by atoms with van der Waals surface area (Å²) in [5.74, 6) is 0. The average Bonchev–Trinajstić information content (AvgIpc) is 1.63. The van der Waals surface area contributed by atoms with Crippen LogP contribution in [0.2, 0.25) is 0 Å². The van der Waals surface area contributed by atoms with E-state index in [-0.39, 0.29) is 0 Å². The minimum absolute atomic E-state index is 0.602. The van der Waals surface area contributed by atoms with E-state index in [2.05, 4.69) is 59.0 Å². The van der Waals surface area contributed by atoms with Crippen molar-refractivity contribution in [2.24, 2.45) is 0 Å². The molecule has 2 atom stereocenters. The Morgan fingerprint density at radius 2 is 1.29 bits per heavy atom. The Hall–Kier alpha value is 1.46. The van der Waals surface area contributed by atoms with Gasteiger partial charge in [-0.15, -0.1) is 0 Å². The van der Waals surface area contributed by atoms with Crippen LogP contribution in [0, 0.1) is 0 Å². The molecule has 0 aromatic carbocycles. The van der Waals surface area contributed by atoms with E-state index in [9.17, 15) is 0 Å². The first-order valence-electron chi connectivity index (χ1n) is 2.34. The first-order chi connectivity index (χ1) is 2.96. The molecular formula is C5H8I2. The Morgan fingerprint density at radius 3 is 1.29 bits per heavy atom. The Morgan fingerprint density at radius 1 is 1.14 bits per heavy atom. The monoisotopic (exact) mass is 322 g/mol. The van der Waals surface area contributed by atoms with Crippen molar-refractivity contribution in [2.45, 2.75) is 27.1 Å². The van der Waals surface area contributed by atoms with Gasteiger partial charge in [-0.3, -0.25) is 0 Å². The van der Waals surface area contributed by atoms with E-state index in [1.54, 1.807) is 0 Å². The number of rotatable bonds is 0. The molecule has 1 fully saturated rings. The molecule has 2 heteroatoms. The third kappa shape index (κ3) is 1.06. The van der Waals surface area contributed by atoms with Crippen LogP contribution in [0.5, 0.6) is 0 Å². The zero-order valence-electron chi connectivity index (χ0n) is 4.46. The number of alkyl halides is 2. The largest absolute Gasteiger partial charge is 0.0777 e. The van der Waals surface area contributed by atoms with Gasteiger partial charge in [0, 0.05) is 6.84 Å². The Bertz CT molecular complexity index is 82.3. The highest BCUT2D eigenvalue weighted by molar-refractivity contribution is 14.1. The lowest BCUT2D eigenvalue weighted by atomic mass is 10.4. The fraction of sp³-hybridized carbons (Fsp3) is 1.00. The Labute approximate surface area is 71.7 Å². The maximum absolute atomic E-state index is 2.52. The molecule has 1 saturated carbocycles. The molecule has 1 aliphatic carbocycles. The molecule has 7 heavy (non-hydrogen) atoms. The molecule has 0 heterocycles. The second kappa shape index (κ2) is 1.49. The molecule has 0 aromatic heterocycles. The third-order valence-corrected chi connectivity index (χ3v) is 5.80. The zero-order valence-corrected chi connectivity index (χ0v) is 8.78. The van der Waals surface area contributed by atoms with Crippen molar-refractivity contribution in [1.29, 1.82) is 0 Å². The summed E-state index contributed by atoms with van der Waals surface area (Å²) in [7, 11) is 0. The van der Waals surface area contributed by atoms with E-state index in [1.807, 2.05) is 0 Å². The molecule has 42 valence electrons. The Balaban J connectivity index is 2.59. The minimum atomic E-state index is 0.602. The van der Waals surface area contributed by atoms with Crippen molar-refractivity contribution in [2.75, 3.05) is 0 Å². The van der Waals surface area contributed by atoms with Gasteiger partial charge in [-0.05, 0) is 20.3 Å². The molecule has 0 aromatic rings.